The molecule has 3 saturated heterocycles. The van der Waals surface area contributed by atoms with E-state index >= 15 is 0 Å². The Labute approximate surface area is 210 Å². The zero-order chi connectivity index (χ0) is 24.4. The lowest BCUT2D eigenvalue weighted by atomic mass is 9.63. The van der Waals surface area contributed by atoms with E-state index in [1.807, 2.05) is 18.2 Å². The fourth-order valence-electron chi connectivity index (χ4n) is 7.24. The Kier molecular flexibility index (Phi) is 5.00. The number of likely N-dealkylation sites (tertiary alicyclic amines) is 1. The van der Waals surface area contributed by atoms with Crippen LogP contribution >= 0.6 is 0 Å². The van der Waals surface area contributed by atoms with Crippen LogP contribution in [0.3, 0.4) is 0 Å². The molecular formula is C29H31N3O4. The first-order valence-corrected chi connectivity index (χ1v) is 13.3. The number of nitrogens with one attached hydrogen (secondary N) is 1. The van der Waals surface area contributed by atoms with Gasteiger partial charge in [-0.05, 0) is 80.3 Å². The van der Waals surface area contributed by atoms with Crippen molar-refractivity contribution >= 4 is 17.7 Å². The number of rotatable bonds is 5. The van der Waals surface area contributed by atoms with Gasteiger partial charge in [0.15, 0.2) is 0 Å². The van der Waals surface area contributed by atoms with Crippen LogP contribution in [0, 0.1) is 5.92 Å². The molecule has 4 heterocycles. The molecule has 4 aliphatic heterocycles. The number of ether oxygens (including phenoxy) is 1. The van der Waals surface area contributed by atoms with E-state index in [4.69, 9.17) is 4.74 Å². The van der Waals surface area contributed by atoms with Crippen molar-refractivity contribution < 1.29 is 19.1 Å². The number of benzene rings is 2. The van der Waals surface area contributed by atoms with Crippen molar-refractivity contribution in [3.8, 4) is 5.75 Å². The molecule has 6 aliphatic rings. The van der Waals surface area contributed by atoms with Gasteiger partial charge < -0.3 is 9.64 Å². The van der Waals surface area contributed by atoms with Gasteiger partial charge in [0, 0.05) is 30.6 Å². The van der Waals surface area contributed by atoms with Gasteiger partial charge in [-0.2, -0.15) is 0 Å². The number of carbonyl (C=O) groups is 3. The van der Waals surface area contributed by atoms with E-state index in [9.17, 15) is 14.4 Å². The minimum atomic E-state index is -0.878. The predicted octanol–water partition coefficient (Wildman–Crippen LogP) is 3.24. The van der Waals surface area contributed by atoms with E-state index < -0.39 is 5.54 Å². The number of carbonyl (C=O) groups excluding carboxylic acids is 3. The lowest BCUT2D eigenvalue weighted by molar-refractivity contribution is -0.160. The Morgan fingerprint density at radius 1 is 0.944 bits per heavy atom. The molecule has 2 aromatic carbocycles. The van der Waals surface area contributed by atoms with Crippen LogP contribution in [-0.4, -0.2) is 58.3 Å². The molecule has 2 bridgehead atoms. The normalized spacial score (nSPS) is 33.4. The molecule has 3 atom stereocenters. The topological polar surface area (TPSA) is 79.0 Å². The molecule has 2 aromatic rings. The van der Waals surface area contributed by atoms with Crippen LogP contribution in [0.1, 0.15) is 65.9 Å². The molecule has 8 rings (SSSR count). The number of imide groups is 1. The van der Waals surface area contributed by atoms with Crippen molar-refractivity contribution in [1.29, 1.82) is 0 Å². The molecule has 2 aliphatic carbocycles. The van der Waals surface area contributed by atoms with E-state index in [-0.39, 0.29) is 29.7 Å². The third-order valence-electron chi connectivity index (χ3n) is 9.26. The van der Waals surface area contributed by atoms with E-state index in [2.05, 4.69) is 40.5 Å². The van der Waals surface area contributed by atoms with Gasteiger partial charge in [0.2, 0.25) is 5.91 Å². The summed E-state index contributed by atoms with van der Waals surface area (Å²) in [6, 6.07) is 17.0. The largest absolute Gasteiger partial charge is 0.489 e. The predicted molar refractivity (Wildman–Crippen MR) is 132 cm³/mol. The minimum Gasteiger partial charge on any atom is -0.489 e. The molecule has 7 heteroatoms. The summed E-state index contributed by atoms with van der Waals surface area (Å²) in [5.74, 6) is 0.557. The monoisotopic (exact) mass is 485 g/mol. The number of hydrogen-bond donors (Lipinski definition) is 1. The second-order valence-corrected chi connectivity index (χ2v) is 11.2. The van der Waals surface area contributed by atoms with Crippen molar-refractivity contribution in [3.63, 3.8) is 0 Å². The third kappa shape index (κ3) is 3.32. The SMILES string of the molecule is O=C1NC(=O)C2(N3Cc4cc(O[C@H]5CCC[C@@H]5N5CCC(c6ccccc6)C5)ccc4C3=O)CC1C2. The van der Waals surface area contributed by atoms with Gasteiger partial charge in [-0.3, -0.25) is 24.6 Å². The summed E-state index contributed by atoms with van der Waals surface area (Å²) in [5, 5.41) is 2.45. The smallest absolute Gasteiger partial charge is 0.255 e. The van der Waals surface area contributed by atoms with Crippen LogP contribution in [0.25, 0.3) is 0 Å². The third-order valence-corrected chi connectivity index (χ3v) is 9.26. The average Bonchev–Trinajstić information content (AvgIpc) is 3.58. The lowest BCUT2D eigenvalue weighted by Crippen LogP contribution is -2.73. The Hall–Kier alpha value is -3.19. The maximum Gasteiger partial charge on any atom is 0.255 e. The molecular weight excluding hydrogens is 454 g/mol. The molecule has 1 unspecified atom stereocenters. The van der Waals surface area contributed by atoms with Gasteiger partial charge in [0.05, 0.1) is 0 Å². The molecule has 186 valence electrons. The Morgan fingerprint density at radius 2 is 1.78 bits per heavy atom. The van der Waals surface area contributed by atoms with Gasteiger partial charge >= 0.3 is 0 Å². The molecule has 3 amide bonds. The first-order chi connectivity index (χ1) is 17.5. The molecule has 7 nitrogen and oxygen atoms in total. The van der Waals surface area contributed by atoms with Crippen LogP contribution in [0.2, 0.25) is 0 Å². The van der Waals surface area contributed by atoms with Gasteiger partial charge in [-0.25, -0.2) is 0 Å². The molecule has 36 heavy (non-hydrogen) atoms. The average molecular weight is 486 g/mol. The lowest BCUT2D eigenvalue weighted by Gasteiger charge is -2.53. The van der Waals surface area contributed by atoms with Gasteiger partial charge in [-0.15, -0.1) is 0 Å². The molecule has 0 spiro atoms. The maximum absolute atomic E-state index is 13.2. The summed E-state index contributed by atoms with van der Waals surface area (Å²) in [6.45, 7) is 2.57. The summed E-state index contributed by atoms with van der Waals surface area (Å²) in [7, 11) is 0. The van der Waals surface area contributed by atoms with Gasteiger partial charge in [0.25, 0.3) is 11.8 Å². The summed E-state index contributed by atoms with van der Waals surface area (Å²) >= 11 is 0. The summed E-state index contributed by atoms with van der Waals surface area (Å²) in [6.07, 6.45) is 5.56. The molecule has 2 saturated carbocycles. The number of nitrogens with zero attached hydrogens (tertiary/aromatic N) is 2. The van der Waals surface area contributed by atoms with Gasteiger partial charge in [-0.1, -0.05) is 30.3 Å². The second kappa shape index (κ2) is 8.17. The van der Waals surface area contributed by atoms with E-state index in [1.54, 1.807) is 4.90 Å². The second-order valence-electron chi connectivity index (χ2n) is 11.2. The van der Waals surface area contributed by atoms with E-state index in [0.717, 1.165) is 43.7 Å². The van der Waals surface area contributed by atoms with Crippen LogP contribution in [0.5, 0.6) is 5.75 Å². The zero-order valence-electron chi connectivity index (χ0n) is 20.3. The van der Waals surface area contributed by atoms with Crippen molar-refractivity contribution in [2.24, 2.45) is 5.92 Å². The highest BCUT2D eigenvalue weighted by Gasteiger charge is 2.63. The summed E-state index contributed by atoms with van der Waals surface area (Å²) in [5.41, 5.74) is 2.09. The maximum atomic E-state index is 13.2. The highest BCUT2D eigenvalue weighted by Crippen LogP contribution is 2.49. The fraction of sp³-hybridized carbons (Fsp3) is 0.483. The van der Waals surface area contributed by atoms with Crippen molar-refractivity contribution in [1.82, 2.24) is 15.1 Å². The fourth-order valence-corrected chi connectivity index (χ4v) is 7.24. The first-order valence-electron chi connectivity index (χ1n) is 13.3. The Morgan fingerprint density at radius 3 is 2.58 bits per heavy atom. The number of hydrogen-bond acceptors (Lipinski definition) is 5. The van der Waals surface area contributed by atoms with Crippen LogP contribution in [0.15, 0.2) is 48.5 Å². The summed E-state index contributed by atoms with van der Waals surface area (Å²) < 4.78 is 6.56. The number of fused-ring (bicyclic) bond motifs is 3. The van der Waals surface area contributed by atoms with Crippen LogP contribution < -0.4 is 10.1 Å². The molecule has 0 radical (unpaired) electrons. The highest BCUT2D eigenvalue weighted by atomic mass is 16.5. The number of amides is 3. The summed E-state index contributed by atoms with van der Waals surface area (Å²) in [4.78, 5) is 42.0. The van der Waals surface area contributed by atoms with Crippen LogP contribution in [-0.2, 0) is 16.1 Å². The van der Waals surface area contributed by atoms with E-state index in [1.165, 1.54) is 12.0 Å². The Balaban J connectivity index is 1.04. The highest BCUT2D eigenvalue weighted by molar-refractivity contribution is 6.10. The van der Waals surface area contributed by atoms with Crippen molar-refractivity contribution in [3.05, 3.63) is 65.2 Å². The standard InChI is InChI=1S/C29H31N3O4/c33-26-21-14-29(15-21,28(35)30-26)32-17-20-13-22(9-10-23(20)27(32)34)36-25-8-4-7-24(25)31-12-11-19(16-31)18-5-2-1-3-6-18/h1-3,5-6,9-10,13,19,21,24-25H,4,7-8,11-12,14-17H2,(H,30,33,35)/t19?,21?,24-,25-,29?/m0/s1. The van der Waals surface area contributed by atoms with Crippen LogP contribution in [0.4, 0.5) is 0 Å². The molecule has 0 aromatic heterocycles. The quantitative estimate of drug-likeness (QED) is 0.658. The van der Waals surface area contributed by atoms with Gasteiger partial charge in [0.1, 0.15) is 17.4 Å². The molecule has 5 fully saturated rings. The van der Waals surface area contributed by atoms with Crippen molar-refractivity contribution in [2.45, 2.75) is 68.7 Å². The Bertz CT molecular complexity index is 1240. The van der Waals surface area contributed by atoms with E-state index in [0.29, 0.717) is 36.9 Å². The minimum absolute atomic E-state index is 0.123. The first kappa shape index (κ1) is 22.0. The number of piperidine rings is 2. The molecule has 1 N–H and O–H groups in total. The van der Waals surface area contributed by atoms with Crippen molar-refractivity contribution in [2.75, 3.05) is 13.1 Å². The zero-order valence-corrected chi connectivity index (χ0v) is 20.3.